The van der Waals surface area contributed by atoms with E-state index in [1.54, 1.807) is 11.9 Å². The van der Waals surface area contributed by atoms with Crippen LogP contribution in [0.5, 0.6) is 0 Å². The van der Waals surface area contributed by atoms with E-state index in [4.69, 9.17) is 5.11 Å². The van der Waals surface area contributed by atoms with Gasteiger partial charge in [0.15, 0.2) is 0 Å². The van der Waals surface area contributed by atoms with E-state index in [0.29, 0.717) is 24.8 Å². The Bertz CT molecular complexity index is 307. The van der Waals surface area contributed by atoms with E-state index in [0.717, 1.165) is 19.3 Å². The normalized spacial score (nSPS) is 23.3. The first kappa shape index (κ1) is 14.8. The van der Waals surface area contributed by atoms with Gasteiger partial charge in [-0.3, -0.25) is 0 Å². The molecule has 0 aromatic rings. The summed E-state index contributed by atoms with van der Waals surface area (Å²) in [6, 6.07) is -1.05. The van der Waals surface area contributed by atoms with Crippen LogP contribution in [0.25, 0.3) is 0 Å². The third-order valence-electron chi connectivity index (χ3n) is 3.57. The van der Waals surface area contributed by atoms with E-state index >= 15 is 0 Å². The van der Waals surface area contributed by atoms with E-state index in [2.05, 4.69) is 12.2 Å². The first-order valence-corrected chi connectivity index (χ1v) is 6.70. The number of aliphatic carboxylic acids is 1. The summed E-state index contributed by atoms with van der Waals surface area (Å²) in [5.41, 5.74) is 0. The number of hydrogen-bond acceptors (Lipinski definition) is 2. The Morgan fingerprint density at radius 3 is 2.56 bits per heavy atom. The summed E-state index contributed by atoms with van der Waals surface area (Å²) in [6.07, 6.45) is 3.39. The molecule has 3 atom stereocenters. The summed E-state index contributed by atoms with van der Waals surface area (Å²) in [4.78, 5) is 24.5. The lowest BCUT2D eigenvalue weighted by atomic mass is 10.1. The van der Waals surface area contributed by atoms with E-state index in [-0.39, 0.29) is 6.03 Å². The Morgan fingerprint density at radius 2 is 2.11 bits per heavy atom. The minimum atomic E-state index is -0.954. The molecular formula is C13H24N2O3. The predicted octanol–water partition coefficient (Wildman–Crippen LogP) is 1.93. The number of rotatable bonds is 7. The largest absolute Gasteiger partial charge is 0.480 e. The van der Waals surface area contributed by atoms with Crippen molar-refractivity contribution >= 4 is 12.0 Å². The van der Waals surface area contributed by atoms with Crippen LogP contribution in [0.1, 0.15) is 39.5 Å². The van der Waals surface area contributed by atoms with Gasteiger partial charge in [0.25, 0.3) is 0 Å². The average molecular weight is 256 g/mol. The maximum Gasteiger partial charge on any atom is 0.326 e. The van der Waals surface area contributed by atoms with Crippen LogP contribution < -0.4 is 5.32 Å². The molecule has 104 valence electrons. The van der Waals surface area contributed by atoms with Crippen LogP contribution >= 0.6 is 0 Å². The molecule has 2 amide bonds. The number of hydrogen-bond donors (Lipinski definition) is 2. The average Bonchev–Trinajstić information content (AvgIpc) is 2.99. The first-order chi connectivity index (χ1) is 8.45. The second-order valence-corrected chi connectivity index (χ2v) is 5.34. The Kier molecular flexibility index (Phi) is 5.44. The lowest BCUT2D eigenvalue weighted by Crippen LogP contribution is -2.47. The number of carbonyl (C=O) groups excluding carboxylic acids is 1. The van der Waals surface area contributed by atoms with Gasteiger partial charge in [0, 0.05) is 13.6 Å². The second kappa shape index (κ2) is 6.61. The minimum absolute atomic E-state index is 0.280. The maximum absolute atomic E-state index is 11.8. The highest BCUT2D eigenvalue weighted by Gasteiger charge is 2.34. The number of carboxylic acids is 1. The Morgan fingerprint density at radius 1 is 1.50 bits per heavy atom. The molecule has 0 heterocycles. The lowest BCUT2D eigenvalue weighted by Gasteiger charge is -2.21. The predicted molar refractivity (Wildman–Crippen MR) is 69.4 cm³/mol. The van der Waals surface area contributed by atoms with Crippen molar-refractivity contribution in [2.45, 2.75) is 45.6 Å². The summed E-state index contributed by atoms with van der Waals surface area (Å²) in [5.74, 6) is 0.320. The highest BCUT2D eigenvalue weighted by atomic mass is 16.4. The van der Waals surface area contributed by atoms with Crippen molar-refractivity contribution in [2.75, 3.05) is 13.6 Å². The van der Waals surface area contributed by atoms with Crippen molar-refractivity contribution in [3.8, 4) is 0 Å². The van der Waals surface area contributed by atoms with E-state index in [9.17, 15) is 9.59 Å². The number of amides is 2. The van der Waals surface area contributed by atoms with Gasteiger partial charge < -0.3 is 15.3 Å². The lowest BCUT2D eigenvalue weighted by molar-refractivity contribution is -0.139. The molecule has 2 unspecified atom stereocenters. The van der Waals surface area contributed by atoms with Crippen molar-refractivity contribution in [3.63, 3.8) is 0 Å². The SMILES string of the molecule is CCCC[C@H](NC(=O)N(C)CC1CC1C)C(=O)O. The zero-order valence-electron chi connectivity index (χ0n) is 11.5. The van der Waals surface area contributed by atoms with Crippen LogP contribution in [0, 0.1) is 11.8 Å². The molecule has 2 N–H and O–H groups in total. The molecule has 5 nitrogen and oxygen atoms in total. The van der Waals surface area contributed by atoms with Crippen molar-refractivity contribution in [1.82, 2.24) is 10.2 Å². The van der Waals surface area contributed by atoms with Crippen LogP contribution in [0.2, 0.25) is 0 Å². The van der Waals surface area contributed by atoms with Crippen molar-refractivity contribution in [1.29, 1.82) is 0 Å². The molecule has 0 saturated heterocycles. The standard InChI is InChI=1S/C13H24N2O3/c1-4-5-6-11(12(16)17)14-13(18)15(3)8-10-7-9(10)2/h9-11H,4-8H2,1-3H3,(H,14,18)(H,16,17)/t9?,10?,11-/m0/s1. The molecule has 1 aliphatic rings. The van der Waals surface area contributed by atoms with E-state index in [1.807, 2.05) is 6.92 Å². The fraction of sp³-hybridized carbons (Fsp3) is 0.846. The molecule has 18 heavy (non-hydrogen) atoms. The van der Waals surface area contributed by atoms with Gasteiger partial charge in [-0.1, -0.05) is 26.7 Å². The van der Waals surface area contributed by atoms with Crippen molar-refractivity contribution < 1.29 is 14.7 Å². The molecular weight excluding hydrogens is 232 g/mol. The van der Waals surface area contributed by atoms with Crippen molar-refractivity contribution in [2.24, 2.45) is 11.8 Å². The fourth-order valence-electron chi connectivity index (χ4n) is 2.01. The van der Waals surface area contributed by atoms with Crippen LogP contribution in [0.15, 0.2) is 0 Å². The van der Waals surface area contributed by atoms with Gasteiger partial charge in [-0.2, -0.15) is 0 Å². The van der Waals surface area contributed by atoms with E-state index < -0.39 is 12.0 Å². The number of carbonyl (C=O) groups is 2. The van der Waals surface area contributed by atoms with Gasteiger partial charge in [0.1, 0.15) is 6.04 Å². The van der Waals surface area contributed by atoms with Gasteiger partial charge in [-0.25, -0.2) is 9.59 Å². The quantitative estimate of drug-likeness (QED) is 0.731. The molecule has 0 aliphatic heterocycles. The fourth-order valence-corrected chi connectivity index (χ4v) is 2.01. The first-order valence-electron chi connectivity index (χ1n) is 6.70. The van der Waals surface area contributed by atoms with Crippen LogP contribution in [-0.4, -0.2) is 41.6 Å². The summed E-state index contributed by atoms with van der Waals surface area (Å²) in [7, 11) is 1.72. The maximum atomic E-state index is 11.8. The third kappa shape index (κ3) is 4.55. The van der Waals surface area contributed by atoms with Crippen LogP contribution in [0.3, 0.4) is 0 Å². The zero-order chi connectivity index (χ0) is 13.7. The highest BCUT2D eigenvalue weighted by molar-refractivity contribution is 5.82. The number of nitrogens with zero attached hydrogens (tertiary/aromatic N) is 1. The Hall–Kier alpha value is -1.26. The number of carboxylic acid groups (broad SMARTS) is 1. The van der Waals surface area contributed by atoms with Gasteiger partial charge >= 0.3 is 12.0 Å². The second-order valence-electron chi connectivity index (χ2n) is 5.34. The highest BCUT2D eigenvalue weighted by Crippen LogP contribution is 2.37. The van der Waals surface area contributed by atoms with Gasteiger partial charge in [0.05, 0.1) is 0 Å². The summed E-state index contributed by atoms with van der Waals surface area (Å²) < 4.78 is 0. The number of unbranched alkanes of at least 4 members (excludes halogenated alkanes) is 1. The molecule has 1 saturated carbocycles. The summed E-state index contributed by atoms with van der Waals surface area (Å²) in [5, 5.41) is 11.6. The summed E-state index contributed by atoms with van der Waals surface area (Å²) >= 11 is 0. The number of urea groups is 1. The Balaban J connectivity index is 2.36. The van der Waals surface area contributed by atoms with Crippen LogP contribution in [-0.2, 0) is 4.79 Å². The molecule has 0 aromatic heterocycles. The molecule has 0 bridgehead atoms. The molecule has 0 radical (unpaired) electrons. The van der Waals surface area contributed by atoms with E-state index in [1.165, 1.54) is 0 Å². The van der Waals surface area contributed by atoms with Crippen molar-refractivity contribution in [3.05, 3.63) is 0 Å². The zero-order valence-corrected chi connectivity index (χ0v) is 11.5. The number of nitrogens with one attached hydrogen (secondary N) is 1. The Labute approximate surface area is 109 Å². The monoisotopic (exact) mass is 256 g/mol. The van der Waals surface area contributed by atoms with Gasteiger partial charge in [-0.15, -0.1) is 0 Å². The molecule has 1 rings (SSSR count). The topological polar surface area (TPSA) is 69.6 Å². The molecule has 0 aromatic carbocycles. The minimum Gasteiger partial charge on any atom is -0.480 e. The van der Waals surface area contributed by atoms with Crippen LogP contribution in [0.4, 0.5) is 4.79 Å². The third-order valence-corrected chi connectivity index (χ3v) is 3.57. The smallest absolute Gasteiger partial charge is 0.326 e. The van der Waals surface area contributed by atoms with Gasteiger partial charge in [0.2, 0.25) is 0 Å². The van der Waals surface area contributed by atoms with Gasteiger partial charge in [-0.05, 0) is 24.7 Å². The molecule has 1 aliphatic carbocycles. The molecule has 1 fully saturated rings. The summed E-state index contributed by atoms with van der Waals surface area (Å²) in [6.45, 7) is 4.88. The molecule has 0 spiro atoms. The molecule has 5 heteroatoms.